The molecule has 0 unspecified atom stereocenters. The van der Waals surface area contributed by atoms with Crippen LogP contribution in [0, 0.1) is 6.92 Å². The summed E-state index contributed by atoms with van der Waals surface area (Å²) < 4.78 is 5.78. The highest BCUT2D eigenvalue weighted by Gasteiger charge is 2.17. The number of hydrogen-bond acceptors (Lipinski definition) is 3. The summed E-state index contributed by atoms with van der Waals surface area (Å²) in [6.45, 7) is 4.56. The average molecular weight is 364 g/mol. The third-order valence-electron chi connectivity index (χ3n) is 3.45. The number of nitrogens with one attached hydrogen (secondary N) is 1. The Morgan fingerprint density at radius 2 is 1.83 bits per heavy atom. The van der Waals surface area contributed by atoms with Gasteiger partial charge in [0.2, 0.25) is 0 Å². The van der Waals surface area contributed by atoms with Crippen molar-refractivity contribution in [2.24, 2.45) is 0 Å². The van der Waals surface area contributed by atoms with Gasteiger partial charge in [0.15, 0.2) is 6.10 Å². The molecular formula is C19H22ClNO2S. The number of carbonyl (C=O) groups excluding carboxylic acids is 1. The summed E-state index contributed by atoms with van der Waals surface area (Å²) >= 11 is 7.54. The second kappa shape index (κ2) is 9.60. The van der Waals surface area contributed by atoms with Gasteiger partial charge in [-0.25, -0.2) is 0 Å². The second-order valence-electron chi connectivity index (χ2n) is 5.42. The van der Waals surface area contributed by atoms with Crippen molar-refractivity contribution in [3.8, 4) is 5.75 Å². The van der Waals surface area contributed by atoms with Crippen molar-refractivity contribution < 1.29 is 9.53 Å². The van der Waals surface area contributed by atoms with Crippen molar-refractivity contribution in [1.82, 2.24) is 5.32 Å². The first-order valence-electron chi connectivity index (χ1n) is 7.98. The van der Waals surface area contributed by atoms with Gasteiger partial charge in [-0.1, -0.05) is 36.2 Å². The van der Waals surface area contributed by atoms with Crippen LogP contribution in [0.4, 0.5) is 0 Å². The van der Waals surface area contributed by atoms with E-state index in [1.54, 1.807) is 11.8 Å². The highest BCUT2D eigenvalue weighted by molar-refractivity contribution is 7.99. The van der Waals surface area contributed by atoms with Gasteiger partial charge in [-0.2, -0.15) is 0 Å². The highest BCUT2D eigenvalue weighted by atomic mass is 35.5. The molecule has 2 aromatic carbocycles. The van der Waals surface area contributed by atoms with Crippen LogP contribution in [-0.4, -0.2) is 24.3 Å². The molecule has 0 radical (unpaired) electrons. The quantitative estimate of drug-likeness (QED) is 0.545. The summed E-state index contributed by atoms with van der Waals surface area (Å²) in [5.74, 6) is 1.45. The molecule has 0 aliphatic heterocycles. The smallest absolute Gasteiger partial charge is 0.261 e. The van der Waals surface area contributed by atoms with Crippen LogP contribution < -0.4 is 10.1 Å². The molecule has 0 aliphatic carbocycles. The molecule has 24 heavy (non-hydrogen) atoms. The van der Waals surface area contributed by atoms with E-state index in [2.05, 4.69) is 5.32 Å². The maximum absolute atomic E-state index is 12.2. The van der Waals surface area contributed by atoms with Crippen molar-refractivity contribution in [2.45, 2.75) is 31.3 Å². The molecule has 0 aliphatic rings. The molecular weight excluding hydrogens is 342 g/mol. The molecule has 0 spiro atoms. The molecule has 2 rings (SSSR count). The van der Waals surface area contributed by atoms with Gasteiger partial charge in [0, 0.05) is 22.2 Å². The number of amides is 1. The Labute approximate surface area is 152 Å². The monoisotopic (exact) mass is 363 g/mol. The zero-order chi connectivity index (χ0) is 17.4. The van der Waals surface area contributed by atoms with E-state index in [1.807, 2.05) is 62.4 Å². The van der Waals surface area contributed by atoms with Crippen molar-refractivity contribution in [1.29, 1.82) is 0 Å². The second-order valence-corrected chi connectivity index (χ2v) is 7.03. The number of aryl methyl sites for hydroxylation is 1. The molecule has 0 bridgehead atoms. The largest absolute Gasteiger partial charge is 0.481 e. The summed E-state index contributed by atoms with van der Waals surface area (Å²) in [6.07, 6.45) is 0.164. The third-order valence-corrected chi connectivity index (χ3v) is 4.71. The van der Waals surface area contributed by atoms with Crippen LogP contribution in [0.15, 0.2) is 53.4 Å². The van der Waals surface area contributed by atoms with Gasteiger partial charge in [0.1, 0.15) is 5.75 Å². The standard InChI is InChI=1S/C19H22ClNO2S/c1-3-18(23-16-8-4-14(2)5-9-16)19(22)21-12-13-24-17-10-6-15(20)7-11-17/h4-11,18H,3,12-13H2,1-2H3,(H,21,22)/t18-/m1/s1. The van der Waals surface area contributed by atoms with Gasteiger partial charge >= 0.3 is 0 Å². The number of thioether (sulfide) groups is 1. The normalized spacial score (nSPS) is 11.8. The van der Waals surface area contributed by atoms with E-state index in [1.165, 1.54) is 5.56 Å². The first kappa shape index (κ1) is 18.7. The van der Waals surface area contributed by atoms with E-state index >= 15 is 0 Å². The Hall–Kier alpha value is -1.65. The van der Waals surface area contributed by atoms with Gasteiger partial charge in [-0.05, 0) is 49.7 Å². The van der Waals surface area contributed by atoms with Crippen LogP contribution in [0.2, 0.25) is 5.02 Å². The number of benzene rings is 2. The molecule has 128 valence electrons. The Balaban J connectivity index is 1.75. The zero-order valence-electron chi connectivity index (χ0n) is 13.9. The summed E-state index contributed by atoms with van der Waals surface area (Å²) in [4.78, 5) is 13.4. The lowest BCUT2D eigenvalue weighted by Crippen LogP contribution is -2.39. The van der Waals surface area contributed by atoms with E-state index in [0.29, 0.717) is 13.0 Å². The molecule has 0 heterocycles. The average Bonchev–Trinajstić information content (AvgIpc) is 2.59. The molecule has 0 aromatic heterocycles. The van der Waals surface area contributed by atoms with Crippen molar-refractivity contribution in [2.75, 3.05) is 12.3 Å². The first-order valence-corrected chi connectivity index (χ1v) is 9.34. The first-order chi connectivity index (χ1) is 11.6. The van der Waals surface area contributed by atoms with E-state index in [0.717, 1.165) is 21.4 Å². The molecule has 3 nitrogen and oxygen atoms in total. The van der Waals surface area contributed by atoms with Gasteiger partial charge in [0.05, 0.1) is 0 Å². The molecule has 2 aromatic rings. The van der Waals surface area contributed by atoms with Gasteiger partial charge in [0.25, 0.3) is 5.91 Å². The van der Waals surface area contributed by atoms with E-state index in [4.69, 9.17) is 16.3 Å². The fourth-order valence-corrected chi connectivity index (χ4v) is 2.99. The van der Waals surface area contributed by atoms with Crippen LogP contribution in [0.5, 0.6) is 5.75 Å². The van der Waals surface area contributed by atoms with E-state index < -0.39 is 6.10 Å². The Bertz CT molecular complexity index is 643. The minimum atomic E-state index is -0.465. The number of carbonyl (C=O) groups is 1. The van der Waals surface area contributed by atoms with Crippen LogP contribution >= 0.6 is 23.4 Å². The predicted molar refractivity (Wildman–Crippen MR) is 101 cm³/mol. The van der Waals surface area contributed by atoms with Crippen LogP contribution in [0.1, 0.15) is 18.9 Å². The van der Waals surface area contributed by atoms with Gasteiger partial charge < -0.3 is 10.1 Å². The molecule has 0 fully saturated rings. The Morgan fingerprint density at radius 1 is 1.17 bits per heavy atom. The Kier molecular flexibility index (Phi) is 7.47. The van der Waals surface area contributed by atoms with Crippen molar-refractivity contribution in [3.05, 3.63) is 59.1 Å². The summed E-state index contributed by atoms with van der Waals surface area (Å²) in [6, 6.07) is 15.4. The van der Waals surface area contributed by atoms with Crippen molar-refractivity contribution in [3.63, 3.8) is 0 Å². The molecule has 1 amide bonds. The fraction of sp³-hybridized carbons (Fsp3) is 0.316. The predicted octanol–water partition coefficient (Wildman–Crippen LogP) is 4.71. The molecule has 5 heteroatoms. The third kappa shape index (κ3) is 6.10. The molecule has 0 saturated heterocycles. The van der Waals surface area contributed by atoms with Crippen LogP contribution in [0.25, 0.3) is 0 Å². The van der Waals surface area contributed by atoms with Crippen LogP contribution in [-0.2, 0) is 4.79 Å². The lowest BCUT2D eigenvalue weighted by molar-refractivity contribution is -0.127. The number of rotatable bonds is 8. The number of hydrogen-bond donors (Lipinski definition) is 1. The Morgan fingerprint density at radius 3 is 2.46 bits per heavy atom. The lowest BCUT2D eigenvalue weighted by atomic mass is 10.2. The summed E-state index contributed by atoms with van der Waals surface area (Å²) in [5, 5.41) is 3.66. The maximum atomic E-state index is 12.2. The number of ether oxygens (including phenoxy) is 1. The lowest BCUT2D eigenvalue weighted by Gasteiger charge is -2.17. The summed E-state index contributed by atoms with van der Waals surface area (Å²) in [7, 11) is 0. The van der Waals surface area contributed by atoms with Gasteiger partial charge in [-0.3, -0.25) is 4.79 Å². The van der Waals surface area contributed by atoms with Gasteiger partial charge in [-0.15, -0.1) is 11.8 Å². The van der Waals surface area contributed by atoms with E-state index in [9.17, 15) is 4.79 Å². The fourth-order valence-electron chi connectivity index (χ4n) is 2.09. The van der Waals surface area contributed by atoms with E-state index in [-0.39, 0.29) is 5.91 Å². The minimum Gasteiger partial charge on any atom is -0.481 e. The number of halogens is 1. The zero-order valence-corrected chi connectivity index (χ0v) is 15.5. The molecule has 1 N–H and O–H groups in total. The highest BCUT2D eigenvalue weighted by Crippen LogP contribution is 2.19. The van der Waals surface area contributed by atoms with Crippen LogP contribution in [0.3, 0.4) is 0 Å². The molecule has 0 saturated carbocycles. The maximum Gasteiger partial charge on any atom is 0.261 e. The summed E-state index contributed by atoms with van der Waals surface area (Å²) in [5.41, 5.74) is 1.17. The topological polar surface area (TPSA) is 38.3 Å². The van der Waals surface area contributed by atoms with Crippen molar-refractivity contribution >= 4 is 29.3 Å². The molecule has 1 atom stereocenters. The SMILES string of the molecule is CC[C@@H](Oc1ccc(C)cc1)C(=O)NCCSc1ccc(Cl)cc1. The minimum absolute atomic E-state index is 0.0743.